The second-order valence-corrected chi connectivity index (χ2v) is 8.47. The number of alkyl halides is 6. The Morgan fingerprint density at radius 3 is 2.42 bits per heavy atom. The number of imidazole rings is 1. The zero-order valence-corrected chi connectivity index (χ0v) is 19.7. The molecule has 18 heteroatoms. The normalized spacial score (nSPS) is 12.5. The molecule has 3 heterocycles. The first kappa shape index (κ1) is 27.3. The van der Waals surface area contributed by atoms with E-state index in [4.69, 9.17) is 11.6 Å². The molecule has 0 saturated heterocycles. The maximum atomic E-state index is 13.3. The molecule has 38 heavy (non-hydrogen) atoms. The number of tetrazole rings is 1. The summed E-state index contributed by atoms with van der Waals surface area (Å²) in [5.74, 6) is -1.15. The second kappa shape index (κ2) is 10.2. The molecule has 0 fully saturated rings. The zero-order valence-electron chi connectivity index (χ0n) is 18.9. The van der Waals surface area contributed by atoms with E-state index in [0.29, 0.717) is 15.2 Å². The van der Waals surface area contributed by atoms with Gasteiger partial charge in [0.1, 0.15) is 5.82 Å². The molecule has 0 bridgehead atoms. The van der Waals surface area contributed by atoms with Crippen LogP contribution in [0.1, 0.15) is 29.8 Å². The van der Waals surface area contributed by atoms with Gasteiger partial charge in [0.2, 0.25) is 5.28 Å². The van der Waals surface area contributed by atoms with E-state index in [-0.39, 0.29) is 47.3 Å². The lowest BCUT2D eigenvalue weighted by molar-refractivity contribution is -0.138. The number of hydrogen-bond donors (Lipinski definition) is 1. The van der Waals surface area contributed by atoms with Crippen molar-refractivity contribution in [1.29, 1.82) is 0 Å². The van der Waals surface area contributed by atoms with Crippen molar-refractivity contribution >= 4 is 22.8 Å². The molecular formula is C20H16ClF7N8O2. The average molecular weight is 569 g/mol. The number of hydrogen-bond acceptors (Lipinski definition) is 6. The van der Waals surface area contributed by atoms with Crippen molar-refractivity contribution in [2.45, 2.75) is 51.2 Å². The average Bonchev–Trinajstić information content (AvgIpc) is 3.42. The molecule has 4 aromatic rings. The Labute approximate surface area is 211 Å². The third kappa shape index (κ3) is 6.03. The van der Waals surface area contributed by atoms with Gasteiger partial charge in [-0.3, -0.25) is 13.9 Å². The van der Waals surface area contributed by atoms with Crippen LogP contribution in [-0.2, 0) is 32.2 Å². The lowest BCUT2D eigenvalue weighted by Gasteiger charge is -2.12. The lowest BCUT2D eigenvalue weighted by atomic mass is 10.0. The van der Waals surface area contributed by atoms with Gasteiger partial charge < -0.3 is 4.98 Å². The third-order valence-electron chi connectivity index (χ3n) is 5.41. The van der Waals surface area contributed by atoms with E-state index < -0.39 is 54.4 Å². The van der Waals surface area contributed by atoms with Gasteiger partial charge in [0.25, 0.3) is 5.56 Å². The summed E-state index contributed by atoms with van der Waals surface area (Å²) in [7, 11) is 0. The quantitative estimate of drug-likeness (QED) is 0.258. The van der Waals surface area contributed by atoms with E-state index in [9.17, 15) is 40.3 Å². The Balaban J connectivity index is 1.50. The summed E-state index contributed by atoms with van der Waals surface area (Å²) < 4.78 is 92.6. The van der Waals surface area contributed by atoms with Crippen LogP contribution in [0.15, 0.2) is 27.8 Å². The molecule has 0 amide bonds. The molecule has 0 aliphatic heterocycles. The topological polar surface area (TPSA) is 116 Å². The number of aromatic amines is 1. The van der Waals surface area contributed by atoms with Gasteiger partial charge in [0, 0.05) is 19.5 Å². The lowest BCUT2D eigenvalue weighted by Crippen LogP contribution is -2.41. The van der Waals surface area contributed by atoms with Crippen molar-refractivity contribution in [3.8, 4) is 0 Å². The van der Waals surface area contributed by atoms with Gasteiger partial charge in [-0.05, 0) is 40.9 Å². The van der Waals surface area contributed by atoms with E-state index in [2.05, 4.69) is 25.4 Å². The summed E-state index contributed by atoms with van der Waals surface area (Å²) in [6, 6.07) is 2.20. The highest BCUT2D eigenvalue weighted by Gasteiger charge is 2.34. The molecule has 4 rings (SSSR count). The van der Waals surface area contributed by atoms with E-state index >= 15 is 0 Å². The number of benzene rings is 1. The smallest absolute Gasteiger partial charge is 0.323 e. The molecule has 0 spiro atoms. The fraction of sp³-hybridized carbons (Fsp3) is 0.400. The van der Waals surface area contributed by atoms with Crippen molar-refractivity contribution in [2.24, 2.45) is 0 Å². The summed E-state index contributed by atoms with van der Waals surface area (Å²) in [4.78, 5) is 32.7. The zero-order chi connectivity index (χ0) is 27.8. The molecule has 0 saturated carbocycles. The van der Waals surface area contributed by atoms with Crippen LogP contribution in [0.2, 0.25) is 5.28 Å². The largest absolute Gasteiger partial charge is 0.416 e. The highest BCUT2D eigenvalue weighted by Crippen LogP contribution is 2.33. The van der Waals surface area contributed by atoms with Crippen LogP contribution in [0.5, 0.6) is 0 Å². The fourth-order valence-corrected chi connectivity index (χ4v) is 3.90. The molecule has 0 aliphatic carbocycles. The summed E-state index contributed by atoms with van der Waals surface area (Å²) in [5, 5.41) is 11.1. The predicted molar refractivity (Wildman–Crippen MR) is 117 cm³/mol. The number of fused-ring (bicyclic) bond motifs is 1. The first-order chi connectivity index (χ1) is 17.7. The maximum absolute atomic E-state index is 13.3. The molecular weight excluding hydrogens is 553 g/mol. The van der Waals surface area contributed by atoms with Crippen molar-refractivity contribution in [1.82, 2.24) is 39.3 Å². The number of nitrogens with zero attached hydrogens (tertiary/aromatic N) is 7. The molecule has 3 aromatic heterocycles. The molecule has 1 aromatic carbocycles. The van der Waals surface area contributed by atoms with Crippen LogP contribution in [0.25, 0.3) is 11.2 Å². The monoisotopic (exact) mass is 568 g/mol. The maximum Gasteiger partial charge on any atom is 0.416 e. The number of H-pyrrole nitrogens is 1. The highest BCUT2D eigenvalue weighted by atomic mass is 35.5. The van der Waals surface area contributed by atoms with Crippen LogP contribution in [0.4, 0.5) is 30.7 Å². The third-order valence-corrected chi connectivity index (χ3v) is 5.59. The van der Waals surface area contributed by atoms with E-state index in [1.54, 1.807) is 0 Å². The van der Waals surface area contributed by atoms with Crippen molar-refractivity contribution < 1.29 is 30.7 Å². The number of nitrogens with one attached hydrogen (secondary N) is 1. The van der Waals surface area contributed by atoms with E-state index in [1.807, 2.05) is 0 Å². The van der Waals surface area contributed by atoms with Gasteiger partial charge in [0.05, 0.1) is 18.5 Å². The second-order valence-electron chi connectivity index (χ2n) is 8.11. The van der Waals surface area contributed by atoms with Crippen LogP contribution < -0.4 is 11.2 Å². The minimum atomic E-state index is -4.80. The molecule has 0 radical (unpaired) electrons. The number of aryl methyl sites for hydroxylation is 2. The van der Waals surface area contributed by atoms with Crippen LogP contribution in [-0.4, -0.2) is 45.5 Å². The molecule has 0 atom stereocenters. The first-order valence-electron chi connectivity index (χ1n) is 10.8. The van der Waals surface area contributed by atoms with Crippen molar-refractivity contribution in [3.05, 3.63) is 67.1 Å². The summed E-state index contributed by atoms with van der Waals surface area (Å²) in [5.41, 5.74) is -3.89. The van der Waals surface area contributed by atoms with Gasteiger partial charge in [0.15, 0.2) is 17.0 Å². The standard InChI is InChI=1S/C20H16ClF7N8O2/c21-17-29-14-15(30-17)34(7-4-19(23,24)25)18(38)35(16(14)37)5-1-6-36-32-13(31-33-36)8-10-2-3-11(22)9-12(10)20(26,27)28/h2-3,9H,1,4-8H2,(H,29,30). The van der Waals surface area contributed by atoms with Gasteiger partial charge in [-0.25, -0.2) is 9.18 Å². The van der Waals surface area contributed by atoms with Crippen LogP contribution >= 0.6 is 11.6 Å². The van der Waals surface area contributed by atoms with Crippen LogP contribution in [0, 0.1) is 5.82 Å². The Morgan fingerprint density at radius 1 is 1.00 bits per heavy atom. The van der Waals surface area contributed by atoms with Crippen molar-refractivity contribution in [2.75, 3.05) is 0 Å². The highest BCUT2D eigenvalue weighted by molar-refractivity contribution is 6.28. The van der Waals surface area contributed by atoms with Gasteiger partial charge in [-0.15, -0.1) is 10.2 Å². The predicted octanol–water partition coefficient (Wildman–Crippen LogP) is 3.32. The Kier molecular flexibility index (Phi) is 7.31. The Bertz CT molecular complexity index is 1590. The molecule has 0 aliphatic rings. The summed E-state index contributed by atoms with van der Waals surface area (Å²) >= 11 is 5.75. The summed E-state index contributed by atoms with van der Waals surface area (Å²) in [6.07, 6.45) is -11.1. The Morgan fingerprint density at radius 2 is 1.74 bits per heavy atom. The summed E-state index contributed by atoms with van der Waals surface area (Å²) in [6.45, 7) is -1.10. The minimum absolute atomic E-state index is 0.0297. The molecule has 204 valence electrons. The SMILES string of the molecule is O=c1c2[nH]c(Cl)nc2n(CCC(F)(F)F)c(=O)n1CCCn1nnc(Cc2ccc(F)cc2C(F)(F)F)n1. The fourth-order valence-electron chi connectivity index (χ4n) is 3.72. The minimum Gasteiger partial charge on any atom is -0.323 e. The molecule has 1 N–H and O–H groups in total. The van der Waals surface area contributed by atoms with Crippen molar-refractivity contribution in [3.63, 3.8) is 0 Å². The van der Waals surface area contributed by atoms with E-state index in [0.717, 1.165) is 16.9 Å². The number of halogens is 8. The molecule has 10 nitrogen and oxygen atoms in total. The number of aromatic nitrogens is 8. The van der Waals surface area contributed by atoms with Gasteiger partial charge in [-0.1, -0.05) is 6.07 Å². The van der Waals surface area contributed by atoms with Gasteiger partial charge in [-0.2, -0.15) is 36.1 Å². The van der Waals surface area contributed by atoms with Crippen LogP contribution in [0.3, 0.4) is 0 Å². The molecule has 0 unspecified atom stereocenters. The van der Waals surface area contributed by atoms with E-state index in [1.165, 1.54) is 0 Å². The Hall–Kier alpha value is -3.76. The van der Waals surface area contributed by atoms with Gasteiger partial charge >= 0.3 is 18.0 Å². The number of rotatable bonds is 8. The first-order valence-corrected chi connectivity index (χ1v) is 11.2.